The summed E-state index contributed by atoms with van der Waals surface area (Å²) in [7, 11) is 0. The third-order valence-corrected chi connectivity index (χ3v) is 0.333. The van der Waals surface area contributed by atoms with Crippen LogP contribution in [0.5, 0.6) is 0 Å². The summed E-state index contributed by atoms with van der Waals surface area (Å²) in [4.78, 5) is 35.7. The summed E-state index contributed by atoms with van der Waals surface area (Å²) >= 11 is 0. The monoisotopic (exact) mass is 470 g/mol. The molecule has 0 radical (unpaired) electrons. The van der Waals surface area contributed by atoms with Crippen LogP contribution in [0.25, 0.3) is 0 Å². The average molecular weight is 469 g/mol. The second-order valence-corrected chi connectivity index (χ2v) is 1.15. The van der Waals surface area contributed by atoms with Gasteiger partial charge in [0.25, 0.3) is 0 Å². The summed E-state index contributed by atoms with van der Waals surface area (Å²) < 4.78 is 0. The zero-order valence-corrected chi connectivity index (χ0v) is 16.1. The van der Waals surface area contributed by atoms with E-state index in [1.165, 1.54) is 0 Å². The van der Waals surface area contributed by atoms with Crippen molar-refractivity contribution in [2.45, 2.75) is 0 Å². The van der Waals surface area contributed by atoms with E-state index in [4.69, 9.17) is 39.6 Å². The van der Waals surface area contributed by atoms with E-state index in [9.17, 15) is 0 Å². The standard InChI is InChI=1S/2C2H2O4.2Ba.H2O/c2*3-1(4)2(5)6;;;/h2*(H,3,4)(H,5,6);;;1H2/q;;2*+2;/p-4. The Hall–Kier alpha value is 0.983. The van der Waals surface area contributed by atoms with Crippen molar-refractivity contribution in [3.63, 3.8) is 0 Å². The maximum Gasteiger partial charge on any atom is 2.00 e. The maximum absolute atomic E-state index is 8.93. The predicted octanol–water partition coefficient (Wildman–Crippen LogP) is -8.61. The molecule has 0 saturated heterocycles. The molecule has 0 aliphatic rings. The minimum atomic E-state index is -2.19. The van der Waals surface area contributed by atoms with Crippen molar-refractivity contribution in [3.8, 4) is 0 Å². The molecule has 0 fully saturated rings. The number of carboxylic acids is 4. The van der Waals surface area contributed by atoms with Crippen molar-refractivity contribution >= 4 is 122 Å². The number of carbonyl (C=O) groups is 4. The Bertz CT molecular complexity index is 176. The Labute approximate surface area is 163 Å². The Balaban J connectivity index is -0.0000000370. The van der Waals surface area contributed by atoms with Crippen LogP contribution < -0.4 is 20.4 Å². The molecule has 0 bridgehead atoms. The normalized spacial score (nSPS) is 5.87. The molecular weight excluding hydrogens is 467 g/mol. The average Bonchev–Trinajstić information content (AvgIpc) is 1.88. The fraction of sp³-hybridized carbons (Fsp3) is 0. The molecule has 11 heteroatoms. The molecule has 0 aliphatic heterocycles. The Morgan fingerprint density at radius 2 is 0.600 bits per heavy atom. The van der Waals surface area contributed by atoms with Crippen LogP contribution in [0.4, 0.5) is 0 Å². The summed E-state index contributed by atoms with van der Waals surface area (Å²) in [5.41, 5.74) is 0. The molecule has 0 rings (SSSR count). The van der Waals surface area contributed by atoms with Crippen LogP contribution in [-0.2, 0) is 19.2 Å². The second kappa shape index (κ2) is 17.4. The van der Waals surface area contributed by atoms with Crippen LogP contribution in [0.1, 0.15) is 0 Å². The van der Waals surface area contributed by atoms with Gasteiger partial charge in [-0.3, -0.25) is 0 Å². The van der Waals surface area contributed by atoms with E-state index in [1.807, 2.05) is 0 Å². The van der Waals surface area contributed by atoms with Crippen LogP contribution in [-0.4, -0.2) is 127 Å². The zero-order chi connectivity index (χ0) is 10.3. The molecule has 76 valence electrons. The van der Waals surface area contributed by atoms with Crippen LogP contribution in [0.2, 0.25) is 0 Å². The first-order chi connectivity index (χ1) is 5.29. The summed E-state index contributed by atoms with van der Waals surface area (Å²) in [6, 6.07) is 0. The second-order valence-electron chi connectivity index (χ2n) is 1.15. The first kappa shape index (κ1) is 29.7. The quantitative estimate of drug-likeness (QED) is 0.247. The van der Waals surface area contributed by atoms with Gasteiger partial charge in [-0.1, -0.05) is 0 Å². The van der Waals surface area contributed by atoms with E-state index < -0.39 is 23.9 Å². The van der Waals surface area contributed by atoms with Crippen LogP contribution >= 0.6 is 0 Å². The number of rotatable bonds is 0. The van der Waals surface area contributed by atoms with E-state index in [2.05, 4.69) is 0 Å². The van der Waals surface area contributed by atoms with Crippen LogP contribution in [0, 0.1) is 0 Å². The van der Waals surface area contributed by atoms with E-state index in [-0.39, 0.29) is 103 Å². The number of aliphatic carboxylic acids is 4. The Morgan fingerprint density at radius 1 is 0.533 bits per heavy atom. The number of hydrogen-bond acceptors (Lipinski definition) is 8. The molecule has 0 heterocycles. The third kappa shape index (κ3) is 31.3. The van der Waals surface area contributed by atoms with Gasteiger partial charge >= 0.3 is 97.8 Å². The van der Waals surface area contributed by atoms with E-state index >= 15 is 0 Å². The van der Waals surface area contributed by atoms with Crippen molar-refractivity contribution in [2.24, 2.45) is 0 Å². The molecule has 0 aromatic heterocycles. The van der Waals surface area contributed by atoms with E-state index in [1.54, 1.807) is 0 Å². The number of carboxylic acid groups (broad SMARTS) is 4. The van der Waals surface area contributed by atoms with Crippen molar-refractivity contribution < 1.29 is 45.1 Å². The molecule has 2 N–H and O–H groups in total. The van der Waals surface area contributed by atoms with Gasteiger partial charge in [-0.25, -0.2) is 0 Å². The van der Waals surface area contributed by atoms with E-state index in [0.717, 1.165) is 0 Å². The molecular formula is C4H2Ba2O9. The Morgan fingerprint density at radius 3 is 0.600 bits per heavy atom. The first-order valence-corrected chi connectivity index (χ1v) is 2.13. The molecule has 0 saturated carbocycles. The van der Waals surface area contributed by atoms with Gasteiger partial charge in [0.1, 0.15) is 0 Å². The van der Waals surface area contributed by atoms with Crippen molar-refractivity contribution in [3.05, 3.63) is 0 Å². The van der Waals surface area contributed by atoms with Crippen molar-refractivity contribution in [2.75, 3.05) is 0 Å². The largest absolute Gasteiger partial charge is 2.00 e. The molecule has 9 nitrogen and oxygen atoms in total. The summed E-state index contributed by atoms with van der Waals surface area (Å²) in [6.45, 7) is 0. The van der Waals surface area contributed by atoms with Gasteiger partial charge in [-0.15, -0.1) is 0 Å². The topological polar surface area (TPSA) is 192 Å². The fourth-order valence-corrected chi connectivity index (χ4v) is 0. The van der Waals surface area contributed by atoms with Gasteiger partial charge in [0.05, 0.1) is 23.9 Å². The maximum atomic E-state index is 8.93. The van der Waals surface area contributed by atoms with Crippen LogP contribution in [0.15, 0.2) is 0 Å². The fourth-order valence-electron chi connectivity index (χ4n) is 0. The van der Waals surface area contributed by atoms with Gasteiger partial charge in [-0.2, -0.15) is 0 Å². The van der Waals surface area contributed by atoms with Crippen LogP contribution in [0.3, 0.4) is 0 Å². The molecule has 0 aliphatic carbocycles. The molecule has 0 spiro atoms. The van der Waals surface area contributed by atoms with Crippen molar-refractivity contribution in [1.82, 2.24) is 0 Å². The van der Waals surface area contributed by atoms with Gasteiger partial charge in [-0.05, 0) is 0 Å². The SMILES string of the molecule is O.O=C([O-])C(=O)[O-].O=C([O-])C(=O)[O-].[Ba+2].[Ba+2]. The molecule has 0 unspecified atom stereocenters. The summed E-state index contributed by atoms with van der Waals surface area (Å²) in [5.74, 6) is -8.74. The van der Waals surface area contributed by atoms with Gasteiger partial charge in [0.2, 0.25) is 0 Å². The van der Waals surface area contributed by atoms with Gasteiger partial charge in [0.15, 0.2) is 0 Å². The Kier molecular flexibility index (Phi) is 34.5. The minimum absolute atomic E-state index is 0. The van der Waals surface area contributed by atoms with E-state index in [0.29, 0.717) is 0 Å². The zero-order valence-electron chi connectivity index (χ0n) is 7.18. The molecule has 15 heavy (non-hydrogen) atoms. The van der Waals surface area contributed by atoms with Gasteiger partial charge in [0, 0.05) is 0 Å². The third-order valence-electron chi connectivity index (χ3n) is 0.333. The molecule has 0 atom stereocenters. The minimum Gasteiger partial charge on any atom is -0.543 e. The van der Waals surface area contributed by atoms with Crippen molar-refractivity contribution in [1.29, 1.82) is 0 Å². The smallest absolute Gasteiger partial charge is 0.543 e. The molecule has 0 aromatic carbocycles. The summed E-state index contributed by atoms with van der Waals surface area (Å²) in [5, 5.41) is 35.7. The predicted molar refractivity (Wildman–Crippen MR) is 35.1 cm³/mol. The number of carbonyl (C=O) groups excluding carboxylic acids is 4. The number of hydrogen-bond donors (Lipinski definition) is 0. The summed E-state index contributed by atoms with van der Waals surface area (Å²) in [6.07, 6.45) is 0. The first-order valence-electron chi connectivity index (χ1n) is 2.13. The molecule has 0 amide bonds. The molecule has 0 aromatic rings. The van der Waals surface area contributed by atoms with Gasteiger partial charge < -0.3 is 45.1 Å².